The molecule has 0 bridgehead atoms. The van der Waals surface area contributed by atoms with Gasteiger partial charge < -0.3 is 5.32 Å². The molecule has 0 fully saturated rings. The van der Waals surface area contributed by atoms with Gasteiger partial charge in [-0.15, -0.1) is 0 Å². The number of pyridine rings is 1. The van der Waals surface area contributed by atoms with Crippen LogP contribution in [-0.2, 0) is 6.42 Å². The number of anilines is 1. The minimum absolute atomic E-state index is 0.130. The smallest absolute Gasteiger partial charge is 0.256 e. The SMILES string of the molecule is CCCCc1ccc(C(=O)Nc2c(-c3cc(C)cc(C)c3)nc3cc(C)ccn23)cc1. The Bertz CT molecular complexity index is 1220. The molecule has 31 heavy (non-hydrogen) atoms. The van der Waals surface area contributed by atoms with Crippen molar-refractivity contribution in [2.75, 3.05) is 5.32 Å². The van der Waals surface area contributed by atoms with E-state index in [1.165, 1.54) is 16.7 Å². The zero-order chi connectivity index (χ0) is 22.0. The van der Waals surface area contributed by atoms with Gasteiger partial charge >= 0.3 is 0 Å². The maximum atomic E-state index is 13.1. The summed E-state index contributed by atoms with van der Waals surface area (Å²) in [5.74, 6) is 0.565. The van der Waals surface area contributed by atoms with Crippen molar-refractivity contribution >= 4 is 17.4 Å². The number of nitrogens with one attached hydrogen (secondary N) is 1. The van der Waals surface area contributed by atoms with Crippen LogP contribution in [0.4, 0.5) is 5.82 Å². The maximum Gasteiger partial charge on any atom is 0.256 e. The van der Waals surface area contributed by atoms with Gasteiger partial charge in [-0.3, -0.25) is 9.20 Å². The Kier molecular flexibility index (Phi) is 5.90. The highest BCUT2D eigenvalue weighted by molar-refractivity contribution is 6.05. The van der Waals surface area contributed by atoms with Crippen LogP contribution in [0.2, 0.25) is 0 Å². The van der Waals surface area contributed by atoms with Gasteiger partial charge in [0, 0.05) is 17.3 Å². The average molecular weight is 412 g/mol. The van der Waals surface area contributed by atoms with E-state index in [9.17, 15) is 4.79 Å². The lowest BCUT2D eigenvalue weighted by molar-refractivity contribution is 0.102. The second kappa shape index (κ2) is 8.76. The summed E-state index contributed by atoms with van der Waals surface area (Å²) in [4.78, 5) is 18.0. The molecule has 4 aromatic rings. The van der Waals surface area contributed by atoms with Crippen LogP contribution in [0.1, 0.15) is 52.4 Å². The van der Waals surface area contributed by atoms with Crippen LogP contribution >= 0.6 is 0 Å². The lowest BCUT2D eigenvalue weighted by Gasteiger charge is -2.10. The number of aryl methyl sites for hydroxylation is 4. The molecule has 158 valence electrons. The third-order valence-electron chi connectivity index (χ3n) is 5.54. The fourth-order valence-corrected chi connectivity index (χ4v) is 3.96. The molecule has 0 spiro atoms. The molecule has 0 aliphatic carbocycles. The molecule has 2 heterocycles. The minimum atomic E-state index is -0.130. The maximum absolute atomic E-state index is 13.1. The predicted molar refractivity (Wildman–Crippen MR) is 128 cm³/mol. The highest BCUT2D eigenvalue weighted by atomic mass is 16.1. The van der Waals surface area contributed by atoms with E-state index in [2.05, 4.69) is 44.3 Å². The number of hydrogen-bond donors (Lipinski definition) is 1. The molecule has 4 rings (SSSR count). The summed E-state index contributed by atoms with van der Waals surface area (Å²) in [7, 11) is 0. The molecular weight excluding hydrogens is 382 g/mol. The summed E-state index contributed by atoms with van der Waals surface area (Å²) in [6.45, 7) is 8.39. The number of amides is 1. The number of fused-ring (bicyclic) bond motifs is 1. The van der Waals surface area contributed by atoms with Crippen molar-refractivity contribution in [2.24, 2.45) is 0 Å². The fraction of sp³-hybridized carbons (Fsp3) is 0.259. The number of carbonyl (C=O) groups excluding carboxylic acids is 1. The summed E-state index contributed by atoms with van der Waals surface area (Å²) in [5.41, 5.74) is 7.98. The van der Waals surface area contributed by atoms with Crippen LogP contribution in [0.3, 0.4) is 0 Å². The van der Waals surface area contributed by atoms with Gasteiger partial charge in [-0.25, -0.2) is 4.98 Å². The summed E-state index contributed by atoms with van der Waals surface area (Å²) in [5, 5.41) is 3.13. The number of unbranched alkanes of at least 4 members (excludes halogenated alkanes) is 1. The first-order chi connectivity index (χ1) is 14.9. The van der Waals surface area contributed by atoms with Crippen LogP contribution < -0.4 is 5.32 Å². The molecule has 0 atom stereocenters. The van der Waals surface area contributed by atoms with Gasteiger partial charge in [0.1, 0.15) is 17.2 Å². The first-order valence-corrected chi connectivity index (χ1v) is 10.9. The second-order valence-corrected chi connectivity index (χ2v) is 8.37. The topological polar surface area (TPSA) is 46.4 Å². The quantitative estimate of drug-likeness (QED) is 0.392. The molecule has 1 N–H and O–H groups in total. The fourth-order valence-electron chi connectivity index (χ4n) is 3.96. The number of rotatable bonds is 6. The molecule has 0 saturated heterocycles. The lowest BCUT2D eigenvalue weighted by atomic mass is 10.0. The highest BCUT2D eigenvalue weighted by Crippen LogP contribution is 2.31. The van der Waals surface area contributed by atoms with Crippen molar-refractivity contribution in [3.63, 3.8) is 0 Å². The van der Waals surface area contributed by atoms with Crippen molar-refractivity contribution in [1.29, 1.82) is 0 Å². The molecule has 4 nitrogen and oxygen atoms in total. The lowest BCUT2D eigenvalue weighted by Crippen LogP contribution is -2.14. The minimum Gasteiger partial charge on any atom is -0.306 e. The van der Waals surface area contributed by atoms with Gasteiger partial charge in [0.05, 0.1) is 0 Å². The van der Waals surface area contributed by atoms with E-state index in [0.29, 0.717) is 11.4 Å². The van der Waals surface area contributed by atoms with Crippen molar-refractivity contribution in [3.8, 4) is 11.3 Å². The van der Waals surface area contributed by atoms with E-state index in [4.69, 9.17) is 4.98 Å². The van der Waals surface area contributed by atoms with E-state index in [-0.39, 0.29) is 5.91 Å². The third kappa shape index (κ3) is 4.53. The number of nitrogens with zero attached hydrogens (tertiary/aromatic N) is 2. The average Bonchev–Trinajstić information content (AvgIpc) is 3.09. The Labute approximate surface area is 184 Å². The molecule has 0 radical (unpaired) electrons. The third-order valence-corrected chi connectivity index (χ3v) is 5.54. The van der Waals surface area contributed by atoms with E-state index < -0.39 is 0 Å². The summed E-state index contributed by atoms with van der Waals surface area (Å²) in [6, 6.07) is 18.3. The van der Waals surface area contributed by atoms with Crippen LogP contribution in [0.5, 0.6) is 0 Å². The highest BCUT2D eigenvalue weighted by Gasteiger charge is 2.18. The summed E-state index contributed by atoms with van der Waals surface area (Å²) >= 11 is 0. The second-order valence-electron chi connectivity index (χ2n) is 8.37. The van der Waals surface area contributed by atoms with Gasteiger partial charge in [0.25, 0.3) is 5.91 Å². The number of hydrogen-bond acceptors (Lipinski definition) is 2. The van der Waals surface area contributed by atoms with Gasteiger partial charge in [-0.1, -0.05) is 42.7 Å². The van der Waals surface area contributed by atoms with Gasteiger partial charge in [0.15, 0.2) is 0 Å². The van der Waals surface area contributed by atoms with Gasteiger partial charge in [0.2, 0.25) is 0 Å². The van der Waals surface area contributed by atoms with E-state index in [1.54, 1.807) is 0 Å². The molecule has 0 aliphatic heterocycles. The molecule has 0 aliphatic rings. The zero-order valence-corrected chi connectivity index (χ0v) is 18.7. The number of benzene rings is 2. The molecule has 0 saturated carbocycles. The Morgan fingerprint density at radius 1 is 0.935 bits per heavy atom. The zero-order valence-electron chi connectivity index (χ0n) is 18.7. The number of aromatic nitrogens is 2. The van der Waals surface area contributed by atoms with Crippen molar-refractivity contribution < 1.29 is 4.79 Å². The van der Waals surface area contributed by atoms with Crippen molar-refractivity contribution in [3.05, 3.63) is 88.6 Å². The molecular formula is C27H29N3O. The van der Waals surface area contributed by atoms with Gasteiger partial charge in [-0.2, -0.15) is 0 Å². The molecule has 4 heteroatoms. The standard InChI is InChI=1S/C27H29N3O/c1-5-6-7-21-8-10-22(11-9-21)27(31)29-26-25(23-15-19(3)14-20(4)16-23)28-24-17-18(2)12-13-30(24)26/h8-17H,5-7H2,1-4H3,(H,29,31). The summed E-state index contributed by atoms with van der Waals surface area (Å²) < 4.78 is 1.95. The Morgan fingerprint density at radius 2 is 1.65 bits per heavy atom. The normalized spacial score (nSPS) is 11.1. The summed E-state index contributed by atoms with van der Waals surface area (Å²) in [6.07, 6.45) is 5.33. The van der Waals surface area contributed by atoms with Crippen LogP contribution in [-0.4, -0.2) is 15.3 Å². The Morgan fingerprint density at radius 3 is 2.32 bits per heavy atom. The molecule has 2 aromatic carbocycles. The predicted octanol–water partition coefficient (Wildman–Crippen LogP) is 6.52. The molecule has 1 amide bonds. The molecule has 0 unspecified atom stereocenters. The van der Waals surface area contributed by atoms with E-state index in [0.717, 1.165) is 41.7 Å². The molecule has 2 aromatic heterocycles. The van der Waals surface area contributed by atoms with Crippen LogP contribution in [0, 0.1) is 20.8 Å². The number of imidazole rings is 1. The first kappa shape index (κ1) is 20.9. The van der Waals surface area contributed by atoms with Crippen LogP contribution in [0.25, 0.3) is 16.9 Å². The monoisotopic (exact) mass is 411 g/mol. The first-order valence-electron chi connectivity index (χ1n) is 10.9. The largest absolute Gasteiger partial charge is 0.306 e. The van der Waals surface area contributed by atoms with Gasteiger partial charge in [-0.05, 0) is 81.1 Å². The number of carbonyl (C=O) groups is 1. The van der Waals surface area contributed by atoms with E-state index in [1.807, 2.05) is 53.9 Å². The van der Waals surface area contributed by atoms with E-state index >= 15 is 0 Å². The van der Waals surface area contributed by atoms with Crippen LogP contribution in [0.15, 0.2) is 60.8 Å². The van der Waals surface area contributed by atoms with Crippen molar-refractivity contribution in [2.45, 2.75) is 47.0 Å². The Balaban J connectivity index is 1.73. The van der Waals surface area contributed by atoms with Crippen molar-refractivity contribution in [1.82, 2.24) is 9.38 Å². The Hall–Kier alpha value is -3.40.